The van der Waals surface area contributed by atoms with Crippen LogP contribution in [0.4, 0.5) is 5.69 Å². The molecule has 390 valence electrons. The zero-order chi connectivity index (χ0) is 51.2. The Labute approximate surface area is 413 Å². The van der Waals surface area contributed by atoms with E-state index < -0.39 is 65.8 Å². The fourth-order valence-corrected chi connectivity index (χ4v) is 10.7. The quantitative estimate of drug-likeness (QED) is 0.131. The third-order valence-electron chi connectivity index (χ3n) is 14.8. The van der Waals surface area contributed by atoms with Crippen LogP contribution in [-0.4, -0.2) is 162 Å². The summed E-state index contributed by atoms with van der Waals surface area (Å²) in [5, 5.41) is 40.4. The molecule has 17 nitrogen and oxygen atoms in total. The number of pyridine rings is 1. The summed E-state index contributed by atoms with van der Waals surface area (Å²) in [6.07, 6.45) is -0.414. The van der Waals surface area contributed by atoms with E-state index in [-0.39, 0.29) is 90.8 Å². The summed E-state index contributed by atoms with van der Waals surface area (Å²) in [7, 11) is 6.02. The maximum atomic E-state index is 14.4. The van der Waals surface area contributed by atoms with Crippen LogP contribution in [0.25, 0.3) is 10.9 Å². The van der Waals surface area contributed by atoms with E-state index in [0.717, 1.165) is 6.42 Å². The molecule has 0 spiro atoms. The minimum atomic E-state index is -1.34. The van der Waals surface area contributed by atoms with Gasteiger partial charge in [0.2, 0.25) is 11.3 Å². The van der Waals surface area contributed by atoms with Crippen molar-refractivity contribution in [3.63, 3.8) is 0 Å². The van der Waals surface area contributed by atoms with Gasteiger partial charge in [-0.3, -0.25) is 14.4 Å². The number of ether oxygens (including phenoxy) is 5. The number of ketones is 1. The van der Waals surface area contributed by atoms with Crippen molar-refractivity contribution in [2.75, 3.05) is 52.8 Å². The highest BCUT2D eigenvalue weighted by Gasteiger charge is 2.46. The number of aromatic carboxylic acids is 1. The van der Waals surface area contributed by atoms with Crippen molar-refractivity contribution < 1.29 is 53.4 Å². The van der Waals surface area contributed by atoms with Crippen LogP contribution in [0.2, 0.25) is 5.02 Å². The molecule has 4 heterocycles. The van der Waals surface area contributed by atoms with Crippen LogP contribution in [-0.2, 0) is 33.3 Å². The molecule has 3 fully saturated rings. The molecule has 5 rings (SSSR count). The van der Waals surface area contributed by atoms with Crippen LogP contribution < -0.4 is 16.1 Å². The third kappa shape index (κ3) is 14.5. The van der Waals surface area contributed by atoms with Gasteiger partial charge >= 0.3 is 5.97 Å². The van der Waals surface area contributed by atoms with Crippen LogP contribution in [0.3, 0.4) is 0 Å². The first-order valence-corrected chi connectivity index (χ1v) is 25.3. The first kappa shape index (κ1) is 56.7. The van der Waals surface area contributed by atoms with E-state index in [0.29, 0.717) is 48.6 Å². The Balaban J connectivity index is 1.22. The monoisotopic (exact) mass is 992 g/mol. The van der Waals surface area contributed by atoms with Crippen LogP contribution in [0.15, 0.2) is 23.1 Å². The molecule has 3 saturated heterocycles. The predicted molar refractivity (Wildman–Crippen MR) is 266 cm³/mol. The van der Waals surface area contributed by atoms with Crippen LogP contribution >= 0.6 is 11.6 Å². The zero-order valence-corrected chi connectivity index (χ0v) is 44.0. The molecule has 3 aliphatic rings. The second-order valence-electron chi connectivity index (χ2n) is 21.2. The van der Waals surface area contributed by atoms with Crippen LogP contribution in [0.5, 0.6) is 0 Å². The predicted octanol–water partition coefficient (Wildman–Crippen LogP) is 5.94. The zero-order valence-electron chi connectivity index (χ0n) is 43.2. The number of likely N-dealkylation sites (N-methyl/N-ethyl adjacent to an activating group) is 1. The lowest BCUT2D eigenvalue weighted by Gasteiger charge is -2.44. The summed E-state index contributed by atoms with van der Waals surface area (Å²) in [4.78, 5) is 56.7. The van der Waals surface area contributed by atoms with Gasteiger partial charge in [-0.05, 0) is 99.5 Å². The number of halogens is 1. The molecule has 1 aromatic heterocycles. The Bertz CT molecular complexity index is 2110. The lowest BCUT2D eigenvalue weighted by atomic mass is 9.81. The second-order valence-corrected chi connectivity index (χ2v) is 21.6. The summed E-state index contributed by atoms with van der Waals surface area (Å²) in [5.74, 6) is -3.13. The molecule has 0 radical (unpaired) electrons. The molecule has 9 unspecified atom stereocenters. The number of amides is 1. The number of aromatic nitrogens is 1. The maximum absolute atomic E-state index is 14.4. The van der Waals surface area contributed by atoms with Gasteiger partial charge in [-0.1, -0.05) is 39.3 Å². The summed E-state index contributed by atoms with van der Waals surface area (Å²) in [6, 6.07) is 2.66. The van der Waals surface area contributed by atoms with Gasteiger partial charge < -0.3 is 64.0 Å². The van der Waals surface area contributed by atoms with Crippen molar-refractivity contribution in [2.24, 2.45) is 23.7 Å². The number of hydrogen-bond donors (Lipinski definition) is 5. The molecular weight excluding hydrogens is 910 g/mol. The van der Waals surface area contributed by atoms with Gasteiger partial charge in [-0.15, -0.1) is 0 Å². The van der Waals surface area contributed by atoms with Gasteiger partial charge in [-0.2, -0.15) is 0 Å². The highest BCUT2D eigenvalue weighted by atomic mass is 35.5. The van der Waals surface area contributed by atoms with Gasteiger partial charge in [0.15, 0.2) is 12.6 Å². The van der Waals surface area contributed by atoms with Gasteiger partial charge in [0.1, 0.15) is 11.3 Å². The number of aliphatic hydroxyl groups is 2. The largest absolute Gasteiger partial charge is 0.477 e. The highest BCUT2D eigenvalue weighted by Crippen LogP contribution is 2.37. The smallest absolute Gasteiger partial charge is 0.341 e. The van der Waals surface area contributed by atoms with Gasteiger partial charge in [-0.25, -0.2) is 4.79 Å². The molecule has 0 aliphatic carbocycles. The van der Waals surface area contributed by atoms with E-state index in [9.17, 15) is 34.5 Å². The summed E-state index contributed by atoms with van der Waals surface area (Å²) >= 11 is 6.58. The maximum Gasteiger partial charge on any atom is 0.341 e. The molecule has 15 atom stereocenters. The standard InChI is InChI=1S/C51H82ClN5O12/c1-27(2)57-26-37(50(62)63)49(61)36-21-39(38(52)22-40(36)57)53-15-17-65-16-14-43(58)54-46-29(4)18-44(67-34(46)9)68-41-23-42(69-45-20-35(55(11)12)19-30(5)66-45)51(10,64)24-28(3)25-56(13)33(8)48(60)32(7)47(59)31(41)6/h21-22,26-35,41-42,44-46,48,53,60,64H,14-20,23-25H2,1-13H3,(H,54,58)(H,62,63)/t28-,29?,30?,31?,32+,33?,34?,35?,41+,42-,44+,45?,46?,48?,51-/m1/s1. The number of carboxylic acids is 1. The van der Waals surface area contributed by atoms with Crippen molar-refractivity contribution in [2.45, 2.75) is 181 Å². The first-order valence-electron chi connectivity index (χ1n) is 24.9. The number of fused-ring (bicyclic) bond motifs is 1. The van der Waals surface area contributed by atoms with Crippen molar-refractivity contribution in [1.82, 2.24) is 19.7 Å². The normalized spacial score (nSPS) is 34.6. The third-order valence-corrected chi connectivity index (χ3v) is 15.1. The van der Waals surface area contributed by atoms with Crippen LogP contribution in [0, 0.1) is 23.7 Å². The van der Waals surface area contributed by atoms with E-state index in [2.05, 4.69) is 27.4 Å². The number of carbonyl (C=O) groups is 3. The van der Waals surface area contributed by atoms with E-state index in [1.807, 2.05) is 69.6 Å². The summed E-state index contributed by atoms with van der Waals surface area (Å²) in [6.45, 7) is 20.4. The number of anilines is 1. The van der Waals surface area contributed by atoms with E-state index >= 15 is 0 Å². The molecule has 1 aromatic carbocycles. The number of benzene rings is 1. The summed E-state index contributed by atoms with van der Waals surface area (Å²) in [5.41, 5.74) is -1.27. The number of hydrogen-bond acceptors (Lipinski definition) is 14. The van der Waals surface area contributed by atoms with E-state index in [1.165, 1.54) is 6.20 Å². The number of aliphatic hydroxyl groups excluding tert-OH is 1. The molecule has 1 amide bonds. The van der Waals surface area contributed by atoms with Crippen LogP contribution in [0.1, 0.15) is 124 Å². The molecule has 2 aromatic rings. The molecule has 3 aliphatic heterocycles. The fourth-order valence-electron chi connectivity index (χ4n) is 10.5. The topological polar surface area (TPSA) is 211 Å². The number of nitrogens with zero attached hydrogens (tertiary/aromatic N) is 3. The SMILES string of the molecule is CC1CC(N(C)C)CC(O[C@@H]2C[C@H](O[C@H]3CC(C)C(NC(=O)CCOCCNc4cc5c(=O)c(C(=O)O)cn(C(C)C)c5cc4Cl)C(C)O3)C(C)C(=O)[C@H](C)C(O)C(C)N(C)C[C@H](C)C[C@@]2(C)O)O1. The average Bonchev–Trinajstić information content (AvgIpc) is 3.26. The van der Waals surface area contributed by atoms with Gasteiger partial charge in [0.25, 0.3) is 0 Å². The minimum Gasteiger partial charge on any atom is -0.477 e. The molecule has 5 N–H and O–H groups in total. The first-order chi connectivity index (χ1) is 32.3. The van der Waals surface area contributed by atoms with Crippen molar-refractivity contribution in [1.29, 1.82) is 0 Å². The Morgan fingerprint density at radius 1 is 0.971 bits per heavy atom. The van der Waals surface area contributed by atoms with Gasteiger partial charge in [0.05, 0.1) is 71.6 Å². The van der Waals surface area contributed by atoms with Gasteiger partial charge in [0, 0.05) is 80.3 Å². The second kappa shape index (κ2) is 24.5. The number of carbonyl (C=O) groups excluding carboxylic acids is 2. The van der Waals surface area contributed by atoms with Crippen molar-refractivity contribution in [3.8, 4) is 0 Å². The Hall–Kier alpha value is -3.23. The van der Waals surface area contributed by atoms with E-state index in [4.69, 9.17) is 35.3 Å². The Morgan fingerprint density at radius 2 is 1.65 bits per heavy atom. The van der Waals surface area contributed by atoms with Crippen molar-refractivity contribution in [3.05, 3.63) is 39.1 Å². The Kier molecular flexibility index (Phi) is 20.1. The minimum absolute atomic E-state index is 0.0150. The lowest BCUT2D eigenvalue weighted by molar-refractivity contribution is -0.270. The molecule has 0 bridgehead atoms. The molecule has 69 heavy (non-hydrogen) atoms. The molecule has 0 saturated carbocycles. The highest BCUT2D eigenvalue weighted by molar-refractivity contribution is 6.34. The fraction of sp³-hybridized carbons (Fsp3) is 0.765. The summed E-state index contributed by atoms with van der Waals surface area (Å²) < 4.78 is 34.0. The average molecular weight is 993 g/mol. The Morgan fingerprint density at radius 3 is 2.29 bits per heavy atom. The van der Waals surface area contributed by atoms with E-state index in [1.54, 1.807) is 30.5 Å². The number of nitrogens with one attached hydrogen (secondary N) is 2. The number of carboxylic acid groups (broad SMARTS) is 1. The van der Waals surface area contributed by atoms with Crippen molar-refractivity contribution >= 4 is 45.9 Å². The molecular formula is C51H82ClN5O12. The lowest BCUT2D eigenvalue weighted by Crippen LogP contribution is -2.55. The number of rotatable bonds is 15. The number of Topliss-reactive ketones (excluding diaryl/α,β-unsaturated/α-hetero) is 1. The molecule has 18 heteroatoms.